The maximum absolute atomic E-state index is 12.7. The van der Waals surface area contributed by atoms with Crippen LogP contribution in [0, 0.1) is 0 Å². The van der Waals surface area contributed by atoms with Gasteiger partial charge in [0.25, 0.3) is 11.5 Å². The monoisotopic (exact) mass is 365 g/mol. The highest BCUT2D eigenvalue weighted by Crippen LogP contribution is 2.29. The number of benzene rings is 2. The summed E-state index contributed by atoms with van der Waals surface area (Å²) in [6, 6.07) is 12.1. The molecule has 0 bridgehead atoms. The Morgan fingerprint density at radius 2 is 1.96 bits per heavy atom. The Labute approximate surface area is 152 Å². The fourth-order valence-electron chi connectivity index (χ4n) is 2.84. The van der Waals surface area contributed by atoms with E-state index in [-0.39, 0.29) is 11.2 Å². The van der Waals surface area contributed by atoms with Crippen molar-refractivity contribution in [3.8, 4) is 11.5 Å². The van der Waals surface area contributed by atoms with Gasteiger partial charge in [-0.05, 0) is 24.3 Å². The maximum Gasteiger partial charge on any atom is 0.278 e. The van der Waals surface area contributed by atoms with Crippen molar-refractivity contribution in [3.05, 3.63) is 58.5 Å². The number of fused-ring (bicyclic) bond motifs is 3. The molecule has 0 fully saturated rings. The number of ether oxygens (including phenoxy) is 2. The molecule has 0 saturated carbocycles. The summed E-state index contributed by atoms with van der Waals surface area (Å²) < 4.78 is 11.8. The number of hydrogen-bond acceptors (Lipinski definition) is 6. The molecule has 0 aliphatic rings. The van der Waals surface area contributed by atoms with Crippen LogP contribution in [0.3, 0.4) is 0 Å². The third kappa shape index (κ3) is 2.74. The van der Waals surface area contributed by atoms with E-state index in [0.717, 1.165) is 0 Å². The van der Waals surface area contributed by atoms with Gasteiger partial charge in [-0.2, -0.15) is 0 Å². The highest BCUT2D eigenvalue weighted by Gasteiger charge is 2.21. The van der Waals surface area contributed by atoms with Crippen molar-refractivity contribution < 1.29 is 14.3 Å². The molecule has 0 radical (unpaired) electrons. The zero-order chi connectivity index (χ0) is 19.0. The first-order valence-electron chi connectivity index (χ1n) is 8.02. The number of aromatic nitrogens is 4. The van der Waals surface area contributed by atoms with Gasteiger partial charge in [0.05, 0.1) is 30.9 Å². The number of carbonyl (C=O) groups excluding carboxylic acids is 1. The summed E-state index contributed by atoms with van der Waals surface area (Å²) >= 11 is 0. The summed E-state index contributed by atoms with van der Waals surface area (Å²) in [6.45, 7) is 0. The highest BCUT2D eigenvalue weighted by molar-refractivity contribution is 6.08. The Kier molecular flexibility index (Phi) is 3.96. The average Bonchev–Trinajstić information content (AvgIpc) is 3.14. The Hall–Kier alpha value is -3.88. The van der Waals surface area contributed by atoms with E-state index in [1.54, 1.807) is 36.4 Å². The molecule has 2 aromatic heterocycles. The smallest absolute Gasteiger partial charge is 0.278 e. The molecule has 4 rings (SSSR count). The van der Waals surface area contributed by atoms with Crippen molar-refractivity contribution >= 4 is 28.1 Å². The lowest BCUT2D eigenvalue weighted by molar-refractivity contribution is 0.102. The quantitative estimate of drug-likeness (QED) is 0.571. The van der Waals surface area contributed by atoms with Crippen molar-refractivity contribution in [2.75, 3.05) is 19.5 Å². The van der Waals surface area contributed by atoms with Gasteiger partial charge in [0.2, 0.25) is 0 Å². The Morgan fingerprint density at radius 1 is 1.15 bits per heavy atom. The molecule has 4 aromatic rings. The van der Waals surface area contributed by atoms with E-state index in [1.807, 2.05) is 6.07 Å². The molecule has 0 atom stereocenters. The minimum absolute atomic E-state index is 0.0682. The number of H-pyrrole nitrogens is 1. The molecule has 0 unspecified atom stereocenters. The molecule has 2 aromatic carbocycles. The third-order valence-corrected chi connectivity index (χ3v) is 4.14. The molecule has 0 saturated heterocycles. The molecular weight excluding hydrogens is 350 g/mol. The maximum atomic E-state index is 12.7. The van der Waals surface area contributed by atoms with Crippen LogP contribution in [0.25, 0.3) is 16.6 Å². The van der Waals surface area contributed by atoms with Crippen LogP contribution in [0.15, 0.2) is 47.3 Å². The van der Waals surface area contributed by atoms with Gasteiger partial charge >= 0.3 is 0 Å². The van der Waals surface area contributed by atoms with E-state index >= 15 is 0 Å². The molecule has 136 valence electrons. The normalized spacial score (nSPS) is 10.9. The molecule has 27 heavy (non-hydrogen) atoms. The molecule has 0 spiro atoms. The minimum Gasteiger partial charge on any atom is -0.497 e. The summed E-state index contributed by atoms with van der Waals surface area (Å²) in [7, 11) is 3.02. The van der Waals surface area contributed by atoms with E-state index in [0.29, 0.717) is 28.2 Å². The number of anilines is 1. The van der Waals surface area contributed by atoms with E-state index in [9.17, 15) is 9.59 Å². The molecular formula is C18H15N5O4. The van der Waals surface area contributed by atoms with Gasteiger partial charge in [-0.3, -0.25) is 9.59 Å². The molecule has 9 nitrogen and oxygen atoms in total. The number of carbonyl (C=O) groups is 1. The van der Waals surface area contributed by atoms with Crippen LogP contribution in [-0.4, -0.2) is 39.9 Å². The second-order valence-corrected chi connectivity index (χ2v) is 5.69. The molecule has 0 aliphatic heterocycles. The van der Waals surface area contributed by atoms with Gasteiger partial charge in [-0.15, -0.1) is 5.10 Å². The number of rotatable bonds is 4. The standard InChI is InChI=1S/C18H15N5O4/c1-26-10-7-8-12(14(9-10)27-2)20-17(24)15-16-18(25)19-11-5-3-4-6-13(11)23(16)22-21-15/h3-9H,1-2H3,(H,19,25)(H,20,24). The largest absolute Gasteiger partial charge is 0.497 e. The second kappa shape index (κ2) is 6.45. The van der Waals surface area contributed by atoms with Crippen LogP contribution >= 0.6 is 0 Å². The topological polar surface area (TPSA) is 111 Å². The minimum atomic E-state index is -0.575. The zero-order valence-electron chi connectivity index (χ0n) is 14.5. The summed E-state index contributed by atoms with van der Waals surface area (Å²) in [5.74, 6) is 0.426. The van der Waals surface area contributed by atoms with Gasteiger partial charge in [-0.1, -0.05) is 17.3 Å². The van der Waals surface area contributed by atoms with Crippen molar-refractivity contribution in [1.82, 2.24) is 19.8 Å². The first kappa shape index (κ1) is 16.6. The lowest BCUT2D eigenvalue weighted by Gasteiger charge is -2.10. The van der Waals surface area contributed by atoms with Gasteiger partial charge in [0.15, 0.2) is 11.2 Å². The highest BCUT2D eigenvalue weighted by atomic mass is 16.5. The van der Waals surface area contributed by atoms with Crippen molar-refractivity contribution in [3.63, 3.8) is 0 Å². The number of hydrogen-bond donors (Lipinski definition) is 2. The van der Waals surface area contributed by atoms with Crippen LogP contribution in [0.2, 0.25) is 0 Å². The number of aromatic amines is 1. The van der Waals surface area contributed by atoms with Crippen molar-refractivity contribution in [1.29, 1.82) is 0 Å². The fraction of sp³-hybridized carbons (Fsp3) is 0.111. The number of amides is 1. The van der Waals surface area contributed by atoms with Gasteiger partial charge < -0.3 is 19.8 Å². The average molecular weight is 365 g/mol. The number of nitrogens with zero attached hydrogens (tertiary/aromatic N) is 3. The van der Waals surface area contributed by atoms with Gasteiger partial charge in [-0.25, -0.2) is 4.52 Å². The van der Waals surface area contributed by atoms with Crippen LogP contribution in [-0.2, 0) is 0 Å². The second-order valence-electron chi connectivity index (χ2n) is 5.69. The van der Waals surface area contributed by atoms with Gasteiger partial charge in [0.1, 0.15) is 11.5 Å². The number of methoxy groups -OCH3 is 2. The Bertz CT molecular complexity index is 1230. The predicted octanol–water partition coefficient (Wildman–Crippen LogP) is 1.84. The summed E-state index contributed by atoms with van der Waals surface area (Å²) in [5.41, 5.74) is 1.19. The first-order chi connectivity index (χ1) is 13.1. The van der Waals surface area contributed by atoms with Crippen LogP contribution < -0.4 is 20.3 Å². The van der Waals surface area contributed by atoms with Crippen LogP contribution in [0.4, 0.5) is 5.69 Å². The molecule has 2 heterocycles. The molecule has 0 aliphatic carbocycles. The van der Waals surface area contributed by atoms with E-state index < -0.39 is 11.5 Å². The molecule has 2 N–H and O–H groups in total. The molecule has 9 heteroatoms. The summed E-state index contributed by atoms with van der Waals surface area (Å²) in [4.78, 5) is 27.9. The third-order valence-electron chi connectivity index (χ3n) is 4.14. The SMILES string of the molecule is COc1ccc(NC(=O)c2nnn3c2c(=O)[nH]c2ccccc23)c(OC)c1. The summed E-state index contributed by atoms with van der Waals surface area (Å²) in [5, 5.41) is 10.6. The lowest BCUT2D eigenvalue weighted by atomic mass is 10.2. The summed E-state index contributed by atoms with van der Waals surface area (Å²) in [6.07, 6.45) is 0. The van der Waals surface area contributed by atoms with E-state index in [1.165, 1.54) is 18.7 Å². The van der Waals surface area contributed by atoms with Gasteiger partial charge in [0, 0.05) is 6.07 Å². The number of para-hydroxylation sites is 2. The van der Waals surface area contributed by atoms with E-state index in [2.05, 4.69) is 20.6 Å². The first-order valence-corrected chi connectivity index (χ1v) is 8.02. The fourth-order valence-corrected chi connectivity index (χ4v) is 2.84. The Balaban J connectivity index is 1.78. The number of nitrogens with one attached hydrogen (secondary N) is 2. The van der Waals surface area contributed by atoms with Crippen molar-refractivity contribution in [2.24, 2.45) is 0 Å². The predicted molar refractivity (Wildman–Crippen MR) is 98.6 cm³/mol. The molecule has 1 amide bonds. The Morgan fingerprint density at radius 3 is 2.74 bits per heavy atom. The van der Waals surface area contributed by atoms with Crippen LogP contribution in [0.5, 0.6) is 11.5 Å². The lowest BCUT2D eigenvalue weighted by Crippen LogP contribution is -2.18. The zero-order valence-corrected chi connectivity index (χ0v) is 14.5. The van der Waals surface area contributed by atoms with Crippen molar-refractivity contribution in [2.45, 2.75) is 0 Å². The van der Waals surface area contributed by atoms with E-state index in [4.69, 9.17) is 9.47 Å². The van der Waals surface area contributed by atoms with Crippen LogP contribution in [0.1, 0.15) is 10.5 Å².